The van der Waals surface area contributed by atoms with Crippen LogP contribution in [0.4, 0.5) is 0 Å². The van der Waals surface area contributed by atoms with Gasteiger partial charge in [-0.1, -0.05) is 0 Å². The summed E-state index contributed by atoms with van der Waals surface area (Å²) in [5, 5.41) is 3.43. The topological polar surface area (TPSA) is 0 Å². The third kappa shape index (κ3) is 5.17. The smallest absolute Gasteiger partial charge is 1.00 e. The predicted octanol–water partition coefficient (Wildman–Crippen LogP) is -3.07. The van der Waals surface area contributed by atoms with Gasteiger partial charge in [-0.15, -0.1) is 0 Å². The van der Waals surface area contributed by atoms with Gasteiger partial charge in [0.15, 0.2) is 0 Å². The molecule has 2 aromatic carbocycles. The van der Waals surface area contributed by atoms with Crippen molar-refractivity contribution in [3.05, 3.63) is 69.4 Å². The predicted molar refractivity (Wildman–Crippen MR) is 109 cm³/mol. The summed E-state index contributed by atoms with van der Waals surface area (Å²) in [5.74, 6) is 0. The Kier molecular flexibility index (Phi) is 11.4. The largest absolute Gasteiger partial charge is 1.00 e. The van der Waals surface area contributed by atoms with Crippen molar-refractivity contribution in [3.8, 4) is 0 Å². The first-order chi connectivity index (χ1) is 11.9. The molecule has 1 aliphatic carbocycles. The summed E-state index contributed by atoms with van der Waals surface area (Å²) in [6.07, 6.45) is 5.15. The van der Waals surface area contributed by atoms with Crippen LogP contribution in [0.5, 0.6) is 0 Å². The third-order valence-corrected chi connectivity index (χ3v) is 12.2. The molecule has 2 aromatic rings. The maximum absolute atomic E-state index is 2.63. The van der Waals surface area contributed by atoms with E-state index < -0.39 is 8.07 Å². The van der Waals surface area contributed by atoms with Crippen LogP contribution in [0.2, 0.25) is 12.6 Å². The van der Waals surface area contributed by atoms with Crippen molar-refractivity contribution in [3.63, 3.8) is 0 Å². The second-order valence-corrected chi connectivity index (χ2v) is 13.0. The zero-order chi connectivity index (χ0) is 18.2. The van der Waals surface area contributed by atoms with Crippen molar-refractivity contribution in [1.82, 2.24) is 0 Å². The molecule has 0 N–H and O–H groups in total. The van der Waals surface area contributed by atoms with Gasteiger partial charge >= 0.3 is 167 Å². The summed E-state index contributed by atoms with van der Waals surface area (Å²) in [4.78, 5) is 0. The van der Waals surface area contributed by atoms with Crippen LogP contribution >= 0.6 is 0 Å². The van der Waals surface area contributed by atoms with Crippen LogP contribution in [-0.4, -0.2) is 8.07 Å². The van der Waals surface area contributed by atoms with E-state index in [1.807, 2.05) is 0 Å². The summed E-state index contributed by atoms with van der Waals surface area (Å²) >= 11 is 2.42. The Balaban J connectivity index is 0.00000243. The summed E-state index contributed by atoms with van der Waals surface area (Å²) in [6.45, 7) is 11.8. The number of rotatable bonds is 5. The Bertz CT molecular complexity index is 811. The Hall–Kier alpha value is -0.0188. The van der Waals surface area contributed by atoms with Crippen molar-refractivity contribution >= 4 is 19.3 Å². The van der Waals surface area contributed by atoms with Crippen LogP contribution in [0, 0.1) is 20.8 Å². The Labute approximate surface area is 202 Å². The number of halogens is 3. The minimum atomic E-state index is -1.73. The zero-order valence-corrected chi connectivity index (χ0v) is 22.2. The molecule has 0 aliphatic heterocycles. The van der Waals surface area contributed by atoms with Crippen LogP contribution in [0.25, 0.3) is 6.08 Å². The SMILES string of the molecule is CCCC[Si](C)(C1=Cc2ccccc2[CH]1[Ti+3])c1c(C)cc(C)cc1C.[Cl-].[Cl-].[Cl-]. The van der Waals surface area contributed by atoms with E-state index in [1.54, 1.807) is 10.4 Å². The van der Waals surface area contributed by atoms with Gasteiger partial charge in [0.25, 0.3) is 0 Å². The van der Waals surface area contributed by atoms with Gasteiger partial charge in [0.05, 0.1) is 0 Å². The molecule has 0 nitrogen and oxygen atoms in total. The molecular weight excluding hydrogens is 459 g/mol. The molecule has 2 unspecified atom stereocenters. The van der Waals surface area contributed by atoms with Gasteiger partial charge in [-0.2, -0.15) is 0 Å². The Morgan fingerprint density at radius 3 is 2.07 bits per heavy atom. The van der Waals surface area contributed by atoms with Gasteiger partial charge in [0.2, 0.25) is 0 Å². The van der Waals surface area contributed by atoms with E-state index in [1.165, 1.54) is 46.7 Å². The molecule has 0 fully saturated rings. The van der Waals surface area contributed by atoms with Gasteiger partial charge < -0.3 is 37.2 Å². The second-order valence-electron chi connectivity index (χ2n) is 7.87. The maximum atomic E-state index is 2.63. The number of benzene rings is 2. The quantitative estimate of drug-likeness (QED) is 0.393. The molecule has 150 valence electrons. The van der Waals surface area contributed by atoms with Crippen molar-refractivity contribution in [2.24, 2.45) is 0 Å². The van der Waals surface area contributed by atoms with Gasteiger partial charge in [0.1, 0.15) is 0 Å². The van der Waals surface area contributed by atoms with Crippen molar-refractivity contribution in [2.75, 3.05) is 0 Å². The molecule has 1 aliphatic rings. The summed E-state index contributed by atoms with van der Waals surface area (Å²) in [6, 6.07) is 15.1. The van der Waals surface area contributed by atoms with Crippen molar-refractivity contribution in [2.45, 2.75) is 57.4 Å². The molecule has 0 amide bonds. The fraction of sp³-hybridized carbons (Fsp3) is 0.391. The van der Waals surface area contributed by atoms with Crippen molar-refractivity contribution < 1.29 is 57.7 Å². The second kappa shape index (κ2) is 11.4. The Morgan fingerprint density at radius 1 is 0.964 bits per heavy atom. The number of fused-ring (bicyclic) bond motifs is 1. The molecule has 0 aromatic heterocycles. The van der Waals surface area contributed by atoms with E-state index in [-0.39, 0.29) is 37.2 Å². The molecule has 0 bridgehead atoms. The van der Waals surface area contributed by atoms with E-state index in [9.17, 15) is 0 Å². The molecule has 0 saturated carbocycles. The van der Waals surface area contributed by atoms with Crippen LogP contribution in [0.3, 0.4) is 0 Å². The van der Waals surface area contributed by atoms with Gasteiger partial charge in [-0.25, -0.2) is 0 Å². The Morgan fingerprint density at radius 2 is 1.54 bits per heavy atom. The van der Waals surface area contributed by atoms with E-state index in [2.05, 4.69) is 97.2 Å². The van der Waals surface area contributed by atoms with E-state index >= 15 is 0 Å². The number of unbranched alkanes of at least 4 members (excludes halogenated alkanes) is 1. The minimum absolute atomic E-state index is 0. The monoisotopic (exact) mass is 486 g/mol. The first-order valence-electron chi connectivity index (χ1n) is 9.49. The van der Waals surface area contributed by atoms with Gasteiger partial charge in [-0.3, -0.25) is 0 Å². The molecule has 3 rings (SSSR count). The molecule has 0 spiro atoms. The first kappa shape index (κ1) is 28.0. The molecule has 5 heteroatoms. The number of hydrogen-bond acceptors (Lipinski definition) is 0. The molecule has 0 radical (unpaired) electrons. The van der Waals surface area contributed by atoms with Crippen LogP contribution in [-0.2, 0) is 20.4 Å². The van der Waals surface area contributed by atoms with Crippen molar-refractivity contribution in [1.29, 1.82) is 0 Å². The van der Waals surface area contributed by atoms with Crippen LogP contribution in [0.1, 0.15) is 51.8 Å². The number of hydrogen-bond donors (Lipinski definition) is 0. The molecule has 0 saturated heterocycles. The molecule has 2 atom stereocenters. The van der Waals surface area contributed by atoms with E-state index in [0.29, 0.717) is 4.22 Å². The van der Waals surface area contributed by atoms with Gasteiger partial charge in [0, 0.05) is 0 Å². The molecule has 28 heavy (non-hydrogen) atoms. The fourth-order valence-electron chi connectivity index (χ4n) is 4.80. The summed E-state index contributed by atoms with van der Waals surface area (Å²) in [5.41, 5.74) is 7.37. The summed E-state index contributed by atoms with van der Waals surface area (Å²) in [7, 11) is -1.73. The third-order valence-electron chi connectivity index (χ3n) is 5.83. The van der Waals surface area contributed by atoms with Crippen LogP contribution in [0.15, 0.2) is 41.6 Å². The first-order valence-corrected chi connectivity index (χ1v) is 13.1. The fourth-order valence-corrected chi connectivity index (χ4v) is 11.9. The van der Waals surface area contributed by atoms with E-state index in [0.717, 1.165) is 0 Å². The number of aryl methyl sites for hydroxylation is 3. The van der Waals surface area contributed by atoms with E-state index in [4.69, 9.17) is 0 Å². The summed E-state index contributed by atoms with van der Waals surface area (Å²) < 4.78 is 0.560. The average molecular weight is 488 g/mol. The number of allylic oxidation sites excluding steroid dienone is 1. The standard InChI is InChI=1S/C23H29Si.3ClH.Ti/c1-6-7-12-24(5,23-18(3)13-17(2)14-19(23)4)22-15-20-10-8-9-11-21(20)16-22;;;;/h8-11,13-16H,6-7,12H2,1-5H3;3*1H;/q;;;;+3/p-3. The average Bonchev–Trinajstić information content (AvgIpc) is 2.90. The normalized spacial score (nSPS) is 16.7. The molecule has 0 heterocycles. The minimum Gasteiger partial charge on any atom is -1.00 e. The maximum Gasteiger partial charge on any atom is -1.00 e. The van der Waals surface area contributed by atoms with Crippen LogP contribution < -0.4 is 42.4 Å². The molecular formula is C23H29Cl3SiTi. The van der Waals surface area contributed by atoms with Gasteiger partial charge in [-0.05, 0) is 0 Å². The zero-order valence-electron chi connectivity index (χ0n) is 17.4.